The predicted molar refractivity (Wildman–Crippen MR) is 190 cm³/mol. The summed E-state index contributed by atoms with van der Waals surface area (Å²) in [6.45, 7) is 10.0. The molecule has 0 saturated heterocycles. The Morgan fingerprint density at radius 1 is 0.960 bits per heavy atom. The number of hydrogen-bond acceptors (Lipinski definition) is 7. The minimum atomic E-state index is -3.76. The van der Waals surface area contributed by atoms with Gasteiger partial charge >= 0.3 is 0 Å². The van der Waals surface area contributed by atoms with Crippen molar-refractivity contribution >= 4 is 21.7 Å². The molecule has 0 aliphatic carbocycles. The van der Waals surface area contributed by atoms with Crippen LogP contribution in [0.2, 0.25) is 0 Å². The molecule has 0 fully saturated rings. The number of aliphatic hydroxyl groups is 2. The van der Waals surface area contributed by atoms with Gasteiger partial charge in [-0.3, -0.25) is 9.59 Å². The zero-order valence-electron chi connectivity index (χ0n) is 29.4. The minimum Gasteiger partial charge on any atom is -0.395 e. The molecule has 3 aromatic rings. The summed E-state index contributed by atoms with van der Waals surface area (Å²) in [6, 6.07) is 11.4. The fraction of sp³-hybridized carbons (Fsp3) is 0.474. The van der Waals surface area contributed by atoms with Gasteiger partial charge in [0.25, 0.3) is 11.8 Å². The number of aryl methyl sites for hydroxylation is 1. The molecule has 4 atom stereocenters. The quantitative estimate of drug-likeness (QED) is 0.175. The molecule has 1 heterocycles. The summed E-state index contributed by atoms with van der Waals surface area (Å²) in [5.41, 5.74) is 3.64. The first-order chi connectivity index (χ1) is 23.7. The molecular formula is C38H49F2N3O6S. The van der Waals surface area contributed by atoms with Crippen molar-refractivity contribution in [3.8, 4) is 0 Å². The van der Waals surface area contributed by atoms with E-state index in [2.05, 4.69) is 10.6 Å². The smallest absolute Gasteiger partial charge is 0.253 e. The molecule has 0 aromatic heterocycles. The van der Waals surface area contributed by atoms with Gasteiger partial charge < -0.3 is 25.7 Å². The van der Waals surface area contributed by atoms with Crippen molar-refractivity contribution in [2.75, 3.05) is 26.2 Å². The number of fused-ring (bicyclic) bond motifs is 1. The second kappa shape index (κ2) is 17.0. The Morgan fingerprint density at radius 3 is 2.20 bits per heavy atom. The Balaban J connectivity index is 1.64. The Labute approximate surface area is 294 Å². The molecule has 0 saturated carbocycles. The zero-order chi connectivity index (χ0) is 36.7. The molecule has 9 nitrogen and oxygen atoms in total. The molecule has 0 bridgehead atoms. The summed E-state index contributed by atoms with van der Waals surface area (Å²) in [5, 5.41) is 26.5. The Morgan fingerprint density at radius 2 is 1.60 bits per heavy atom. The summed E-state index contributed by atoms with van der Waals surface area (Å²) in [4.78, 5) is 28.9. The Bertz CT molecular complexity index is 1760. The van der Waals surface area contributed by atoms with E-state index in [0.29, 0.717) is 35.3 Å². The number of rotatable bonds is 15. The number of amides is 2. The lowest BCUT2D eigenvalue weighted by molar-refractivity contribution is 0.0755. The van der Waals surface area contributed by atoms with Crippen molar-refractivity contribution in [1.29, 1.82) is 0 Å². The highest BCUT2D eigenvalue weighted by atomic mass is 32.2. The van der Waals surface area contributed by atoms with E-state index in [9.17, 15) is 37.0 Å². The molecule has 50 heavy (non-hydrogen) atoms. The van der Waals surface area contributed by atoms with Crippen molar-refractivity contribution in [2.24, 2.45) is 0 Å². The molecule has 0 spiro atoms. The Hall–Kier alpha value is -3.71. The molecule has 1 aliphatic heterocycles. The first kappa shape index (κ1) is 39.1. The van der Waals surface area contributed by atoms with Gasteiger partial charge in [0.15, 0.2) is 9.84 Å². The minimum absolute atomic E-state index is 0.155. The van der Waals surface area contributed by atoms with E-state index in [1.165, 1.54) is 6.07 Å². The van der Waals surface area contributed by atoms with Gasteiger partial charge in [0.2, 0.25) is 0 Å². The van der Waals surface area contributed by atoms with Crippen LogP contribution in [0.3, 0.4) is 0 Å². The van der Waals surface area contributed by atoms with Crippen LogP contribution >= 0.6 is 0 Å². The van der Waals surface area contributed by atoms with E-state index in [1.807, 2.05) is 39.8 Å². The van der Waals surface area contributed by atoms with Crippen LogP contribution in [-0.2, 0) is 22.0 Å². The van der Waals surface area contributed by atoms with Crippen molar-refractivity contribution in [1.82, 2.24) is 15.5 Å². The number of halogens is 2. The molecule has 2 amide bonds. The van der Waals surface area contributed by atoms with E-state index < -0.39 is 57.4 Å². The number of nitrogens with zero attached hydrogens (tertiary/aromatic N) is 1. The first-order valence-corrected chi connectivity index (χ1v) is 18.9. The number of hydrogen-bond donors (Lipinski definition) is 4. The molecule has 4 rings (SSSR count). The number of carbonyl (C=O) groups is 2. The lowest BCUT2D eigenvalue weighted by Gasteiger charge is -2.35. The largest absolute Gasteiger partial charge is 0.395 e. The Kier molecular flexibility index (Phi) is 13.3. The third kappa shape index (κ3) is 9.54. The van der Waals surface area contributed by atoms with Crippen molar-refractivity contribution in [3.63, 3.8) is 0 Å². The lowest BCUT2D eigenvalue weighted by Crippen LogP contribution is -2.51. The van der Waals surface area contributed by atoms with Gasteiger partial charge in [0.1, 0.15) is 16.9 Å². The van der Waals surface area contributed by atoms with E-state index in [-0.39, 0.29) is 41.7 Å². The topological polar surface area (TPSA) is 136 Å². The van der Waals surface area contributed by atoms with Crippen LogP contribution < -0.4 is 10.6 Å². The fourth-order valence-electron chi connectivity index (χ4n) is 6.57. The second-order valence-electron chi connectivity index (χ2n) is 13.5. The van der Waals surface area contributed by atoms with Gasteiger partial charge in [-0.15, -0.1) is 0 Å². The highest BCUT2D eigenvalue weighted by Gasteiger charge is 2.40. The summed E-state index contributed by atoms with van der Waals surface area (Å²) in [6.07, 6.45) is 0.00843. The van der Waals surface area contributed by atoms with Crippen LogP contribution in [0.4, 0.5) is 8.78 Å². The molecule has 1 aliphatic rings. The average molecular weight is 714 g/mol. The molecule has 272 valence electrons. The van der Waals surface area contributed by atoms with Crippen LogP contribution in [0, 0.1) is 18.6 Å². The van der Waals surface area contributed by atoms with Gasteiger partial charge in [0.05, 0.1) is 30.5 Å². The number of carbonyl (C=O) groups excluding carboxylic acids is 2. The zero-order valence-corrected chi connectivity index (χ0v) is 30.2. The molecule has 12 heteroatoms. The van der Waals surface area contributed by atoms with E-state index in [0.717, 1.165) is 36.6 Å². The van der Waals surface area contributed by atoms with E-state index in [4.69, 9.17) is 0 Å². The van der Waals surface area contributed by atoms with Crippen molar-refractivity contribution in [2.45, 2.75) is 89.0 Å². The maximum atomic E-state index is 14.2. The second-order valence-corrected chi connectivity index (χ2v) is 15.8. The van der Waals surface area contributed by atoms with Gasteiger partial charge in [-0.2, -0.15) is 0 Å². The summed E-state index contributed by atoms with van der Waals surface area (Å²) >= 11 is 0. The first-order valence-electron chi connectivity index (χ1n) is 17.2. The van der Waals surface area contributed by atoms with Crippen LogP contribution in [0.25, 0.3) is 0 Å². The predicted octanol–water partition coefficient (Wildman–Crippen LogP) is 4.98. The van der Waals surface area contributed by atoms with Crippen LogP contribution in [0.15, 0.2) is 54.6 Å². The monoisotopic (exact) mass is 713 g/mol. The van der Waals surface area contributed by atoms with Crippen LogP contribution in [0.5, 0.6) is 0 Å². The van der Waals surface area contributed by atoms with Gasteiger partial charge in [-0.25, -0.2) is 17.2 Å². The molecule has 0 radical (unpaired) electrons. The van der Waals surface area contributed by atoms with Crippen LogP contribution in [-0.4, -0.2) is 79.0 Å². The van der Waals surface area contributed by atoms with Crippen molar-refractivity contribution < 1.29 is 37.0 Å². The summed E-state index contributed by atoms with van der Waals surface area (Å²) in [7, 11) is -3.76. The molecule has 3 aromatic carbocycles. The van der Waals surface area contributed by atoms with Gasteiger partial charge in [-0.05, 0) is 90.3 Å². The number of nitrogens with one attached hydrogen (secondary N) is 2. The standard InChI is InChI=1S/C38H49F2N3O6S/c1-6-10-43(11-7-2)38(47)29-13-24(5)12-28(17-29)37(46)42-33(16-25-14-30(39)19-31(40)15-25)34(45)20-41-36-32-18-26(23(3)4)8-9-27(32)22-50(48,49)35(36)21-44/h8-9,12-15,17-19,23,33-36,41,44-45H,6-7,10-11,16,20-22H2,1-5H3,(H,42,46)/t33-,34+,35-,36+/m0/s1. The summed E-state index contributed by atoms with van der Waals surface area (Å²) < 4.78 is 54.8. The van der Waals surface area contributed by atoms with Gasteiger partial charge in [-0.1, -0.05) is 45.9 Å². The number of benzene rings is 3. The highest BCUT2D eigenvalue weighted by molar-refractivity contribution is 7.91. The van der Waals surface area contributed by atoms with Gasteiger partial charge in [0, 0.05) is 36.8 Å². The highest BCUT2D eigenvalue weighted by Crippen LogP contribution is 2.35. The normalized spacial score (nSPS) is 18.0. The third-order valence-electron chi connectivity index (χ3n) is 9.11. The molecule has 0 unspecified atom stereocenters. The SMILES string of the molecule is CCCN(CCC)C(=O)c1cc(C)cc(C(=O)N[C@@H](Cc2cc(F)cc(F)c2)[C@H](O)CN[C@@H]2c3cc(C(C)C)ccc3CS(=O)(=O)[C@H]2CO)c1. The molecule has 4 N–H and O–H groups in total. The van der Waals surface area contributed by atoms with E-state index in [1.54, 1.807) is 30.0 Å². The maximum absolute atomic E-state index is 14.2. The third-order valence-corrected chi connectivity index (χ3v) is 11.2. The van der Waals surface area contributed by atoms with Crippen LogP contribution in [0.1, 0.15) is 101 Å². The van der Waals surface area contributed by atoms with Crippen molar-refractivity contribution in [3.05, 3.63) is 105 Å². The number of aliphatic hydroxyl groups excluding tert-OH is 2. The summed E-state index contributed by atoms with van der Waals surface area (Å²) in [5.74, 6) is -2.53. The molecular weight excluding hydrogens is 664 g/mol. The van der Waals surface area contributed by atoms with E-state index >= 15 is 0 Å². The number of sulfone groups is 1. The lowest BCUT2D eigenvalue weighted by atomic mass is 9.91. The maximum Gasteiger partial charge on any atom is 0.253 e. The average Bonchev–Trinajstić information content (AvgIpc) is 3.04. The fourth-order valence-corrected chi connectivity index (χ4v) is 8.36.